The van der Waals surface area contributed by atoms with Gasteiger partial charge in [0.2, 0.25) is 6.17 Å². The predicted octanol–water partition coefficient (Wildman–Crippen LogP) is 2.70. The molecule has 0 heterocycles. The van der Waals surface area contributed by atoms with Crippen molar-refractivity contribution in [3.05, 3.63) is 40.4 Å². The summed E-state index contributed by atoms with van der Waals surface area (Å²) < 4.78 is 13.3. The van der Waals surface area contributed by atoms with Gasteiger partial charge in [-0.2, -0.15) is 0 Å². The lowest BCUT2D eigenvalue weighted by Gasteiger charge is -2.07. The zero-order chi connectivity index (χ0) is 11.0. The minimum absolute atomic E-state index is 0.231. The molecule has 2 rings (SSSR count). The van der Waals surface area contributed by atoms with Gasteiger partial charge in [-0.1, -0.05) is 23.7 Å². The number of alkyl halides is 1. The molecule has 2 nitrogen and oxygen atoms in total. The van der Waals surface area contributed by atoms with Crippen molar-refractivity contribution in [2.75, 3.05) is 0 Å². The van der Waals surface area contributed by atoms with Gasteiger partial charge in [-0.05, 0) is 29.7 Å². The van der Waals surface area contributed by atoms with Crippen LogP contribution in [0.5, 0.6) is 0 Å². The number of fused-ring (bicyclic) bond motifs is 1. The number of hydrogen-bond donors (Lipinski definition) is 1. The third-order valence-electron chi connectivity index (χ3n) is 2.41. The van der Waals surface area contributed by atoms with Gasteiger partial charge in [-0.15, -0.1) is 0 Å². The van der Waals surface area contributed by atoms with Crippen LogP contribution in [-0.2, 0) is 11.2 Å². The third-order valence-corrected chi connectivity index (χ3v) is 2.65. The van der Waals surface area contributed by atoms with E-state index in [1.807, 2.05) is 0 Å². The van der Waals surface area contributed by atoms with Crippen molar-refractivity contribution >= 4 is 23.1 Å². The van der Waals surface area contributed by atoms with Crippen molar-refractivity contribution < 1.29 is 14.3 Å². The van der Waals surface area contributed by atoms with Crippen LogP contribution in [0.4, 0.5) is 4.39 Å². The Morgan fingerprint density at radius 3 is 2.93 bits per heavy atom. The second-order valence-corrected chi connectivity index (χ2v) is 3.80. The van der Waals surface area contributed by atoms with Gasteiger partial charge in [0.15, 0.2) is 0 Å². The van der Waals surface area contributed by atoms with Gasteiger partial charge < -0.3 is 5.11 Å². The lowest BCUT2D eigenvalue weighted by molar-refractivity contribution is -0.140. The molecule has 0 aromatic heterocycles. The number of carboxylic acid groups (broad SMARTS) is 1. The summed E-state index contributed by atoms with van der Waals surface area (Å²) >= 11 is 5.78. The van der Waals surface area contributed by atoms with Gasteiger partial charge in [0.1, 0.15) is 0 Å². The van der Waals surface area contributed by atoms with Crippen LogP contribution in [0.2, 0.25) is 5.02 Å². The number of carboxylic acids is 1. The zero-order valence-corrected chi connectivity index (χ0v) is 8.46. The first-order valence-electron chi connectivity index (χ1n) is 4.45. The topological polar surface area (TPSA) is 37.3 Å². The number of allylic oxidation sites excluding steroid dienone is 1. The molecule has 1 N–H and O–H groups in total. The molecule has 1 aliphatic rings. The Hall–Kier alpha value is -1.35. The van der Waals surface area contributed by atoms with Gasteiger partial charge in [0.25, 0.3) is 0 Å². The van der Waals surface area contributed by atoms with Crippen LogP contribution >= 0.6 is 11.6 Å². The fourth-order valence-electron chi connectivity index (χ4n) is 1.72. The van der Waals surface area contributed by atoms with E-state index in [9.17, 15) is 9.18 Å². The van der Waals surface area contributed by atoms with E-state index < -0.39 is 12.1 Å². The minimum Gasteiger partial charge on any atom is -0.479 e. The van der Waals surface area contributed by atoms with Crippen LogP contribution in [0.25, 0.3) is 5.57 Å². The monoisotopic (exact) mass is 226 g/mol. The Labute approximate surface area is 91.0 Å². The molecular formula is C11H8ClFO2. The number of aliphatic carboxylic acids is 1. The van der Waals surface area contributed by atoms with E-state index in [-0.39, 0.29) is 5.57 Å². The van der Waals surface area contributed by atoms with Crippen molar-refractivity contribution in [2.45, 2.75) is 12.6 Å². The van der Waals surface area contributed by atoms with Gasteiger partial charge in [0.05, 0.1) is 0 Å². The molecule has 0 saturated carbocycles. The van der Waals surface area contributed by atoms with Gasteiger partial charge in [-0.3, -0.25) is 0 Å². The van der Waals surface area contributed by atoms with Crippen LogP contribution in [-0.4, -0.2) is 17.2 Å². The summed E-state index contributed by atoms with van der Waals surface area (Å²) in [6, 6.07) is 5.02. The maximum atomic E-state index is 13.3. The Bertz CT molecular complexity index is 454. The van der Waals surface area contributed by atoms with Crippen molar-refractivity contribution in [2.24, 2.45) is 0 Å². The molecule has 15 heavy (non-hydrogen) atoms. The molecule has 0 spiro atoms. The summed E-state index contributed by atoms with van der Waals surface area (Å²) in [5, 5.41) is 9.16. The quantitative estimate of drug-likeness (QED) is 0.842. The molecule has 78 valence electrons. The van der Waals surface area contributed by atoms with E-state index >= 15 is 0 Å². The summed E-state index contributed by atoms with van der Waals surface area (Å²) in [6.45, 7) is 0. The fraction of sp³-hybridized carbons (Fsp3) is 0.182. The van der Waals surface area contributed by atoms with Gasteiger partial charge >= 0.3 is 5.97 Å². The SMILES string of the molecule is O=C(O)C(F)C1=CCc2cc(Cl)ccc21. The molecule has 1 aliphatic carbocycles. The molecule has 0 aliphatic heterocycles. The number of benzene rings is 1. The molecular weight excluding hydrogens is 219 g/mol. The first-order chi connectivity index (χ1) is 7.09. The summed E-state index contributed by atoms with van der Waals surface area (Å²) in [5.74, 6) is -1.45. The Balaban J connectivity index is 2.39. The molecule has 1 aromatic rings. The minimum atomic E-state index is -1.95. The molecule has 4 heteroatoms. The lowest BCUT2D eigenvalue weighted by atomic mass is 10.0. The van der Waals surface area contributed by atoms with Crippen molar-refractivity contribution in [1.29, 1.82) is 0 Å². The van der Waals surface area contributed by atoms with Crippen LogP contribution in [0, 0.1) is 0 Å². The number of hydrogen-bond acceptors (Lipinski definition) is 1. The Morgan fingerprint density at radius 1 is 1.53 bits per heavy atom. The van der Waals surface area contributed by atoms with E-state index in [1.165, 1.54) is 0 Å². The molecule has 0 bridgehead atoms. The summed E-state index contributed by atoms with van der Waals surface area (Å²) in [5.41, 5.74) is 1.75. The largest absolute Gasteiger partial charge is 0.479 e. The molecule has 0 saturated heterocycles. The summed E-state index contributed by atoms with van der Waals surface area (Å²) in [4.78, 5) is 10.5. The first kappa shape index (κ1) is 10.2. The van der Waals surface area contributed by atoms with Gasteiger partial charge in [0, 0.05) is 10.6 Å². The predicted molar refractivity (Wildman–Crippen MR) is 55.7 cm³/mol. The zero-order valence-electron chi connectivity index (χ0n) is 7.71. The number of halogens is 2. The second-order valence-electron chi connectivity index (χ2n) is 3.37. The molecule has 0 fully saturated rings. The van der Waals surface area contributed by atoms with Crippen molar-refractivity contribution in [3.63, 3.8) is 0 Å². The van der Waals surface area contributed by atoms with Crippen LogP contribution in [0.3, 0.4) is 0 Å². The smallest absolute Gasteiger partial charge is 0.343 e. The molecule has 1 atom stereocenters. The van der Waals surface area contributed by atoms with Gasteiger partial charge in [-0.25, -0.2) is 9.18 Å². The van der Waals surface area contributed by atoms with E-state index in [4.69, 9.17) is 16.7 Å². The summed E-state index contributed by atoms with van der Waals surface area (Å²) in [6.07, 6.45) is 0.186. The fourth-order valence-corrected chi connectivity index (χ4v) is 1.91. The highest BCUT2D eigenvalue weighted by atomic mass is 35.5. The maximum Gasteiger partial charge on any atom is 0.343 e. The van der Waals surface area contributed by atoms with E-state index in [0.29, 0.717) is 17.0 Å². The average Bonchev–Trinajstić information content (AvgIpc) is 2.59. The highest BCUT2D eigenvalue weighted by Gasteiger charge is 2.27. The average molecular weight is 227 g/mol. The molecule has 1 unspecified atom stereocenters. The highest BCUT2D eigenvalue weighted by molar-refractivity contribution is 6.30. The summed E-state index contributed by atoms with van der Waals surface area (Å²) in [7, 11) is 0. The van der Waals surface area contributed by atoms with Crippen LogP contribution in [0.1, 0.15) is 11.1 Å². The Kier molecular flexibility index (Phi) is 2.49. The number of carbonyl (C=O) groups is 1. The molecule has 0 radical (unpaired) electrons. The standard InChI is InChI=1S/C11H8ClFO2/c12-7-2-4-8-6(5-7)1-3-9(8)10(13)11(14)15/h2-5,10H,1H2,(H,14,15). The normalized spacial score (nSPS) is 15.7. The van der Waals surface area contributed by atoms with Crippen LogP contribution in [0.15, 0.2) is 24.3 Å². The first-order valence-corrected chi connectivity index (χ1v) is 4.83. The second kappa shape index (κ2) is 3.66. The van der Waals surface area contributed by atoms with Crippen LogP contribution < -0.4 is 0 Å². The van der Waals surface area contributed by atoms with E-state index in [2.05, 4.69) is 0 Å². The van der Waals surface area contributed by atoms with E-state index in [1.54, 1.807) is 24.3 Å². The van der Waals surface area contributed by atoms with E-state index in [0.717, 1.165) is 5.56 Å². The third kappa shape index (κ3) is 1.75. The Morgan fingerprint density at radius 2 is 2.27 bits per heavy atom. The lowest BCUT2D eigenvalue weighted by Crippen LogP contribution is -2.15. The highest BCUT2D eigenvalue weighted by Crippen LogP contribution is 2.32. The maximum absolute atomic E-state index is 13.3. The van der Waals surface area contributed by atoms with Crippen molar-refractivity contribution in [1.82, 2.24) is 0 Å². The van der Waals surface area contributed by atoms with Crippen molar-refractivity contribution in [3.8, 4) is 0 Å². The molecule has 1 aromatic carbocycles. The molecule has 0 amide bonds. The number of rotatable bonds is 2.